The molecule has 0 heterocycles. The van der Waals surface area contributed by atoms with Crippen molar-refractivity contribution in [2.24, 2.45) is 11.8 Å². The molecule has 0 aromatic heterocycles. The minimum absolute atomic E-state index is 0.600. The second-order valence-electron chi connectivity index (χ2n) is 3.29. The highest BCUT2D eigenvalue weighted by atomic mass is 14.2. The predicted octanol–water partition coefficient (Wildman–Crippen LogP) is 2.84. The minimum Gasteiger partial charge on any atom is -0.120 e. The quantitative estimate of drug-likeness (QED) is 0.486. The smallest absolute Gasteiger partial charge is 0.0200 e. The van der Waals surface area contributed by atoms with Crippen molar-refractivity contribution in [1.29, 1.82) is 0 Å². The molecule has 0 amide bonds. The van der Waals surface area contributed by atoms with Crippen LogP contribution in [0.15, 0.2) is 0 Å². The van der Waals surface area contributed by atoms with E-state index in [2.05, 4.69) is 12.8 Å². The maximum absolute atomic E-state index is 5.34. The summed E-state index contributed by atoms with van der Waals surface area (Å²) in [4.78, 5) is 0. The highest BCUT2D eigenvalue weighted by Crippen LogP contribution is 2.29. The fraction of sp³-hybridized carbons (Fsp3) is 0.800. The van der Waals surface area contributed by atoms with Gasteiger partial charge in [-0.25, -0.2) is 0 Å². The average molecular weight is 136 g/mol. The molecule has 0 unspecified atom stereocenters. The molecular formula is C10H16. The van der Waals surface area contributed by atoms with Crippen LogP contribution in [0.1, 0.15) is 39.0 Å². The van der Waals surface area contributed by atoms with E-state index in [9.17, 15) is 0 Å². The molecule has 10 heavy (non-hydrogen) atoms. The van der Waals surface area contributed by atoms with Gasteiger partial charge in [0, 0.05) is 5.92 Å². The van der Waals surface area contributed by atoms with Crippen LogP contribution in [0, 0.1) is 24.2 Å². The molecular weight excluding hydrogens is 120 g/mol. The molecule has 0 saturated heterocycles. The van der Waals surface area contributed by atoms with Crippen molar-refractivity contribution in [2.75, 3.05) is 0 Å². The Labute approximate surface area is 64.0 Å². The van der Waals surface area contributed by atoms with E-state index in [0.29, 0.717) is 5.92 Å². The molecule has 0 aromatic rings. The zero-order chi connectivity index (χ0) is 7.40. The van der Waals surface area contributed by atoms with Crippen LogP contribution >= 0.6 is 0 Å². The lowest BCUT2D eigenvalue weighted by Crippen LogP contribution is -2.12. The molecule has 0 N–H and O–H groups in total. The van der Waals surface area contributed by atoms with E-state index in [1.165, 1.54) is 32.1 Å². The van der Waals surface area contributed by atoms with Gasteiger partial charge in [-0.3, -0.25) is 0 Å². The molecule has 0 aromatic carbocycles. The van der Waals surface area contributed by atoms with Gasteiger partial charge in [-0.05, 0) is 31.6 Å². The van der Waals surface area contributed by atoms with E-state index < -0.39 is 0 Å². The van der Waals surface area contributed by atoms with Crippen LogP contribution in [0.25, 0.3) is 0 Å². The van der Waals surface area contributed by atoms with Crippen molar-refractivity contribution in [3.8, 4) is 12.3 Å². The molecule has 1 aliphatic rings. The highest BCUT2D eigenvalue weighted by molar-refractivity contribution is 4.94. The third-order valence-corrected chi connectivity index (χ3v) is 2.66. The van der Waals surface area contributed by atoms with Crippen LogP contribution < -0.4 is 0 Å². The average Bonchev–Trinajstić information content (AvgIpc) is 2.05. The second-order valence-corrected chi connectivity index (χ2v) is 3.29. The van der Waals surface area contributed by atoms with Crippen molar-refractivity contribution >= 4 is 0 Å². The zero-order valence-electron chi connectivity index (χ0n) is 6.77. The summed E-state index contributed by atoms with van der Waals surface area (Å²) in [5, 5.41) is 0. The molecule has 1 rings (SSSR count). The molecule has 1 fully saturated rings. The summed E-state index contributed by atoms with van der Waals surface area (Å²) >= 11 is 0. The van der Waals surface area contributed by atoms with Gasteiger partial charge < -0.3 is 0 Å². The first-order valence-corrected chi connectivity index (χ1v) is 4.33. The Kier molecular flexibility index (Phi) is 2.81. The monoisotopic (exact) mass is 136 g/mol. The van der Waals surface area contributed by atoms with E-state index in [0.717, 1.165) is 5.92 Å². The Morgan fingerprint density at radius 2 is 1.90 bits per heavy atom. The van der Waals surface area contributed by atoms with Gasteiger partial charge in [-0.2, -0.15) is 0 Å². The number of rotatable bonds is 1. The third-order valence-electron chi connectivity index (χ3n) is 2.66. The lowest BCUT2D eigenvalue weighted by atomic mass is 9.81. The van der Waals surface area contributed by atoms with Crippen LogP contribution in [-0.4, -0.2) is 0 Å². The lowest BCUT2D eigenvalue weighted by Gasteiger charge is -2.24. The summed E-state index contributed by atoms with van der Waals surface area (Å²) in [5.74, 6) is 4.42. The van der Waals surface area contributed by atoms with Gasteiger partial charge in [-0.1, -0.05) is 13.3 Å². The van der Waals surface area contributed by atoms with Crippen LogP contribution in [0.5, 0.6) is 0 Å². The molecule has 0 aliphatic heterocycles. The van der Waals surface area contributed by atoms with Gasteiger partial charge in [0.05, 0.1) is 0 Å². The van der Waals surface area contributed by atoms with Crippen molar-refractivity contribution in [2.45, 2.75) is 39.0 Å². The SMILES string of the molecule is C#CC1CCC(CC)CC1. The van der Waals surface area contributed by atoms with Gasteiger partial charge >= 0.3 is 0 Å². The van der Waals surface area contributed by atoms with E-state index in [1.807, 2.05) is 0 Å². The van der Waals surface area contributed by atoms with Crippen molar-refractivity contribution < 1.29 is 0 Å². The molecule has 1 saturated carbocycles. The van der Waals surface area contributed by atoms with E-state index in [1.54, 1.807) is 0 Å². The summed E-state index contributed by atoms with van der Waals surface area (Å²) in [6.45, 7) is 2.28. The molecule has 0 spiro atoms. The summed E-state index contributed by atoms with van der Waals surface area (Å²) in [7, 11) is 0. The van der Waals surface area contributed by atoms with Gasteiger partial charge in [0.2, 0.25) is 0 Å². The first kappa shape index (κ1) is 7.66. The summed E-state index contributed by atoms with van der Waals surface area (Å²) in [6, 6.07) is 0. The Hall–Kier alpha value is -0.440. The van der Waals surface area contributed by atoms with Crippen LogP contribution in [0.3, 0.4) is 0 Å². The zero-order valence-corrected chi connectivity index (χ0v) is 6.77. The Balaban J connectivity index is 2.25. The Bertz CT molecular complexity index is 121. The standard InChI is InChI=1S/C10H16/c1-3-9-5-7-10(4-2)8-6-9/h1,9-10H,4-8H2,2H3. The maximum atomic E-state index is 5.34. The topological polar surface area (TPSA) is 0 Å². The Morgan fingerprint density at radius 3 is 2.30 bits per heavy atom. The largest absolute Gasteiger partial charge is 0.120 e. The van der Waals surface area contributed by atoms with E-state index in [4.69, 9.17) is 6.42 Å². The number of hydrogen-bond acceptors (Lipinski definition) is 0. The van der Waals surface area contributed by atoms with E-state index >= 15 is 0 Å². The molecule has 1 aliphatic carbocycles. The van der Waals surface area contributed by atoms with Crippen LogP contribution in [0.4, 0.5) is 0 Å². The fourth-order valence-electron chi connectivity index (χ4n) is 1.74. The number of terminal acetylenes is 1. The molecule has 0 heteroatoms. The summed E-state index contributed by atoms with van der Waals surface area (Å²) in [6.07, 6.45) is 12.0. The maximum Gasteiger partial charge on any atom is 0.0200 e. The molecule has 0 radical (unpaired) electrons. The predicted molar refractivity (Wildman–Crippen MR) is 44.6 cm³/mol. The van der Waals surface area contributed by atoms with Gasteiger partial charge in [0.25, 0.3) is 0 Å². The fourth-order valence-corrected chi connectivity index (χ4v) is 1.74. The van der Waals surface area contributed by atoms with Gasteiger partial charge in [0.15, 0.2) is 0 Å². The third kappa shape index (κ3) is 1.77. The van der Waals surface area contributed by atoms with E-state index in [-0.39, 0.29) is 0 Å². The van der Waals surface area contributed by atoms with Crippen molar-refractivity contribution in [3.63, 3.8) is 0 Å². The van der Waals surface area contributed by atoms with Gasteiger partial charge in [-0.15, -0.1) is 12.3 Å². The van der Waals surface area contributed by atoms with Crippen LogP contribution in [0.2, 0.25) is 0 Å². The Morgan fingerprint density at radius 1 is 1.30 bits per heavy atom. The molecule has 0 bridgehead atoms. The van der Waals surface area contributed by atoms with Crippen molar-refractivity contribution in [1.82, 2.24) is 0 Å². The second kappa shape index (κ2) is 3.66. The molecule has 56 valence electrons. The molecule has 0 nitrogen and oxygen atoms in total. The minimum atomic E-state index is 0.600. The molecule has 0 atom stereocenters. The van der Waals surface area contributed by atoms with Crippen molar-refractivity contribution in [3.05, 3.63) is 0 Å². The normalized spacial score (nSPS) is 33.2. The summed E-state index contributed by atoms with van der Waals surface area (Å²) in [5.41, 5.74) is 0. The first-order valence-electron chi connectivity index (χ1n) is 4.33. The van der Waals surface area contributed by atoms with Gasteiger partial charge in [0.1, 0.15) is 0 Å². The summed E-state index contributed by atoms with van der Waals surface area (Å²) < 4.78 is 0. The number of hydrogen-bond donors (Lipinski definition) is 0. The first-order chi connectivity index (χ1) is 4.86. The van der Waals surface area contributed by atoms with Crippen LogP contribution in [-0.2, 0) is 0 Å². The highest BCUT2D eigenvalue weighted by Gasteiger charge is 2.17. The lowest BCUT2D eigenvalue weighted by molar-refractivity contribution is 0.310.